The number of phenols is 1. The lowest BCUT2D eigenvalue weighted by Crippen LogP contribution is -2.16. The van der Waals surface area contributed by atoms with Gasteiger partial charge in [-0.25, -0.2) is 0 Å². The second-order valence-corrected chi connectivity index (χ2v) is 4.43. The van der Waals surface area contributed by atoms with E-state index in [-0.39, 0.29) is 5.97 Å². The van der Waals surface area contributed by atoms with Crippen molar-refractivity contribution in [1.82, 2.24) is 5.32 Å². The van der Waals surface area contributed by atoms with Crippen LogP contribution in [0.2, 0.25) is 0 Å². The zero-order valence-corrected chi connectivity index (χ0v) is 11.2. The Hall–Kier alpha value is -1.55. The van der Waals surface area contributed by atoms with Crippen molar-refractivity contribution in [2.75, 3.05) is 13.7 Å². The van der Waals surface area contributed by atoms with Crippen LogP contribution in [0.4, 0.5) is 0 Å². The average molecular weight is 251 g/mol. The van der Waals surface area contributed by atoms with Crippen molar-refractivity contribution < 1.29 is 14.6 Å². The number of methoxy groups -OCH3 is 1. The molecule has 0 aliphatic rings. The number of rotatable bonds is 6. The summed E-state index contributed by atoms with van der Waals surface area (Å²) in [5.41, 5.74) is 2.92. The molecule has 0 aromatic heterocycles. The zero-order valence-electron chi connectivity index (χ0n) is 11.2. The van der Waals surface area contributed by atoms with E-state index in [1.807, 2.05) is 26.0 Å². The third-order valence-corrected chi connectivity index (χ3v) is 2.84. The van der Waals surface area contributed by atoms with E-state index in [0.717, 1.165) is 36.2 Å². The van der Waals surface area contributed by atoms with Crippen molar-refractivity contribution in [3.8, 4) is 5.75 Å². The first kappa shape index (κ1) is 14.5. The number of carbonyl (C=O) groups is 1. The zero-order chi connectivity index (χ0) is 13.5. The third kappa shape index (κ3) is 4.37. The highest BCUT2D eigenvalue weighted by Gasteiger charge is 2.03. The van der Waals surface area contributed by atoms with Crippen LogP contribution in [0.5, 0.6) is 5.75 Å². The molecule has 0 aliphatic heterocycles. The van der Waals surface area contributed by atoms with E-state index in [4.69, 9.17) is 0 Å². The van der Waals surface area contributed by atoms with Crippen LogP contribution in [0.1, 0.15) is 29.5 Å². The number of benzene rings is 1. The Labute approximate surface area is 108 Å². The molecule has 1 rings (SSSR count). The number of esters is 1. The van der Waals surface area contributed by atoms with Gasteiger partial charge in [0.25, 0.3) is 0 Å². The van der Waals surface area contributed by atoms with Gasteiger partial charge in [-0.05, 0) is 43.5 Å². The Morgan fingerprint density at radius 2 is 1.94 bits per heavy atom. The van der Waals surface area contributed by atoms with Crippen molar-refractivity contribution >= 4 is 5.97 Å². The van der Waals surface area contributed by atoms with Crippen LogP contribution in [-0.4, -0.2) is 24.7 Å². The summed E-state index contributed by atoms with van der Waals surface area (Å²) in [5.74, 6) is 0.192. The number of phenolic OH excluding ortho intramolecular Hbond substituents is 1. The highest BCUT2D eigenvalue weighted by molar-refractivity contribution is 5.69. The van der Waals surface area contributed by atoms with Crippen molar-refractivity contribution in [2.24, 2.45) is 0 Å². The number of nitrogens with one attached hydrogen (secondary N) is 1. The fourth-order valence-electron chi connectivity index (χ4n) is 1.84. The Kier molecular flexibility index (Phi) is 5.65. The maximum Gasteiger partial charge on any atom is 0.305 e. The number of aryl methyl sites for hydroxylation is 2. The van der Waals surface area contributed by atoms with Gasteiger partial charge in [0.1, 0.15) is 5.75 Å². The van der Waals surface area contributed by atoms with Gasteiger partial charge < -0.3 is 15.2 Å². The quantitative estimate of drug-likeness (QED) is 0.600. The van der Waals surface area contributed by atoms with Gasteiger partial charge in [-0.15, -0.1) is 0 Å². The Morgan fingerprint density at radius 3 is 2.50 bits per heavy atom. The van der Waals surface area contributed by atoms with Crippen molar-refractivity contribution in [2.45, 2.75) is 33.2 Å². The first-order chi connectivity index (χ1) is 8.54. The van der Waals surface area contributed by atoms with E-state index in [1.54, 1.807) is 0 Å². The van der Waals surface area contributed by atoms with Crippen LogP contribution < -0.4 is 5.32 Å². The first-order valence-corrected chi connectivity index (χ1v) is 6.11. The Bertz CT molecular complexity index is 392. The highest BCUT2D eigenvalue weighted by atomic mass is 16.5. The Morgan fingerprint density at radius 1 is 1.33 bits per heavy atom. The number of aromatic hydroxyl groups is 1. The minimum Gasteiger partial charge on any atom is -0.507 e. The van der Waals surface area contributed by atoms with Crippen LogP contribution in [-0.2, 0) is 16.1 Å². The molecule has 0 heterocycles. The van der Waals surface area contributed by atoms with Crippen LogP contribution >= 0.6 is 0 Å². The molecular formula is C14H21NO3. The number of ether oxygens (including phenoxy) is 1. The Balaban J connectivity index is 2.34. The molecule has 0 fully saturated rings. The summed E-state index contributed by atoms with van der Waals surface area (Å²) >= 11 is 0. The summed E-state index contributed by atoms with van der Waals surface area (Å²) in [4.78, 5) is 10.9. The van der Waals surface area contributed by atoms with Crippen molar-refractivity contribution in [3.05, 3.63) is 28.8 Å². The maximum absolute atomic E-state index is 10.9. The van der Waals surface area contributed by atoms with Gasteiger partial charge >= 0.3 is 5.97 Å². The summed E-state index contributed by atoms with van der Waals surface area (Å²) in [5, 5.41) is 12.9. The second kappa shape index (κ2) is 7.01. The third-order valence-electron chi connectivity index (χ3n) is 2.84. The molecule has 0 saturated heterocycles. The van der Waals surface area contributed by atoms with Crippen LogP contribution in [0, 0.1) is 13.8 Å². The molecule has 1 aromatic rings. The monoisotopic (exact) mass is 251 g/mol. The normalized spacial score (nSPS) is 10.4. The molecule has 0 atom stereocenters. The largest absolute Gasteiger partial charge is 0.507 e. The molecular weight excluding hydrogens is 230 g/mol. The lowest BCUT2D eigenvalue weighted by Gasteiger charge is -2.09. The van der Waals surface area contributed by atoms with Gasteiger partial charge in [-0.3, -0.25) is 4.79 Å². The number of hydrogen-bond donors (Lipinski definition) is 2. The molecule has 18 heavy (non-hydrogen) atoms. The second-order valence-electron chi connectivity index (χ2n) is 4.43. The highest BCUT2D eigenvalue weighted by Crippen LogP contribution is 2.22. The summed E-state index contributed by atoms with van der Waals surface area (Å²) in [6, 6.07) is 3.94. The summed E-state index contributed by atoms with van der Waals surface area (Å²) in [7, 11) is 1.40. The lowest BCUT2D eigenvalue weighted by atomic mass is 10.1. The molecule has 0 bridgehead atoms. The molecule has 1 aromatic carbocycles. The molecule has 2 N–H and O–H groups in total. The van der Waals surface area contributed by atoms with Gasteiger partial charge in [-0.1, -0.05) is 12.1 Å². The standard InChI is InChI=1S/C14H21NO3/c1-10-7-12(8-11(2)14(10)17)9-15-6-4-5-13(16)18-3/h7-8,15,17H,4-6,9H2,1-3H3. The van der Waals surface area contributed by atoms with Gasteiger partial charge in [0.15, 0.2) is 0 Å². The SMILES string of the molecule is COC(=O)CCCNCc1cc(C)c(O)c(C)c1. The predicted molar refractivity (Wildman–Crippen MR) is 70.5 cm³/mol. The molecule has 0 aliphatic carbocycles. The molecule has 4 nitrogen and oxygen atoms in total. The van der Waals surface area contributed by atoms with Crippen LogP contribution in [0.25, 0.3) is 0 Å². The van der Waals surface area contributed by atoms with Crippen LogP contribution in [0.15, 0.2) is 12.1 Å². The fourth-order valence-corrected chi connectivity index (χ4v) is 1.84. The fraction of sp³-hybridized carbons (Fsp3) is 0.500. The maximum atomic E-state index is 10.9. The number of hydrogen-bond acceptors (Lipinski definition) is 4. The van der Waals surface area contributed by atoms with Gasteiger partial charge in [0.2, 0.25) is 0 Å². The molecule has 4 heteroatoms. The molecule has 0 saturated carbocycles. The summed E-state index contributed by atoms with van der Waals surface area (Å²) < 4.78 is 4.57. The smallest absolute Gasteiger partial charge is 0.305 e. The molecule has 0 unspecified atom stereocenters. The first-order valence-electron chi connectivity index (χ1n) is 6.11. The average Bonchev–Trinajstić information content (AvgIpc) is 2.35. The van der Waals surface area contributed by atoms with Crippen LogP contribution in [0.3, 0.4) is 0 Å². The molecule has 100 valence electrons. The van der Waals surface area contributed by atoms with Gasteiger partial charge in [-0.2, -0.15) is 0 Å². The summed E-state index contributed by atoms with van der Waals surface area (Å²) in [6.45, 7) is 5.30. The molecule has 0 amide bonds. The molecule has 0 radical (unpaired) electrons. The van der Waals surface area contributed by atoms with E-state index < -0.39 is 0 Å². The van der Waals surface area contributed by atoms with Gasteiger partial charge in [0.05, 0.1) is 7.11 Å². The summed E-state index contributed by atoms with van der Waals surface area (Å²) in [6.07, 6.45) is 1.21. The van der Waals surface area contributed by atoms with E-state index in [1.165, 1.54) is 7.11 Å². The lowest BCUT2D eigenvalue weighted by molar-refractivity contribution is -0.140. The van der Waals surface area contributed by atoms with Crippen molar-refractivity contribution in [1.29, 1.82) is 0 Å². The molecule has 0 spiro atoms. The van der Waals surface area contributed by atoms with E-state index in [2.05, 4.69) is 10.1 Å². The predicted octanol–water partition coefficient (Wildman–Crippen LogP) is 2.05. The van der Waals surface area contributed by atoms with Crippen molar-refractivity contribution in [3.63, 3.8) is 0 Å². The van der Waals surface area contributed by atoms with E-state index in [0.29, 0.717) is 12.2 Å². The van der Waals surface area contributed by atoms with E-state index in [9.17, 15) is 9.90 Å². The number of carbonyl (C=O) groups excluding carboxylic acids is 1. The minimum atomic E-state index is -0.173. The topological polar surface area (TPSA) is 58.6 Å². The van der Waals surface area contributed by atoms with Gasteiger partial charge in [0, 0.05) is 13.0 Å². The minimum absolute atomic E-state index is 0.173. The van der Waals surface area contributed by atoms with E-state index >= 15 is 0 Å².